The first-order valence-electron chi connectivity index (χ1n) is 6.26. The molecule has 0 bridgehead atoms. The Morgan fingerprint density at radius 3 is 2.67 bits per heavy atom. The molecule has 0 radical (unpaired) electrons. The highest BCUT2D eigenvalue weighted by molar-refractivity contribution is 7.92. The molecule has 110 valence electrons. The molecule has 0 amide bonds. The van der Waals surface area contributed by atoms with Crippen molar-refractivity contribution in [2.75, 3.05) is 16.6 Å². The Morgan fingerprint density at radius 1 is 1.19 bits per heavy atom. The standard InChI is InChI=1S/C14H12ClFN2O2S/c15-12-8-11(3-4-13(12)17)21(19,20)18-6-5-9-1-2-10(16)7-14(9)18/h1-4,7-8H,5-6,17H2. The lowest BCUT2D eigenvalue weighted by Gasteiger charge is -2.20. The summed E-state index contributed by atoms with van der Waals surface area (Å²) in [6.07, 6.45) is 0.553. The molecule has 0 saturated carbocycles. The molecule has 7 heteroatoms. The molecule has 0 saturated heterocycles. The number of nitrogens with zero attached hydrogens (tertiary/aromatic N) is 1. The predicted molar refractivity (Wildman–Crippen MR) is 80.5 cm³/mol. The average Bonchev–Trinajstić information content (AvgIpc) is 2.85. The molecule has 2 aromatic rings. The Bertz CT molecular complexity index is 824. The van der Waals surface area contributed by atoms with Crippen molar-refractivity contribution in [2.45, 2.75) is 11.3 Å². The highest BCUT2D eigenvalue weighted by Crippen LogP contribution is 2.34. The third kappa shape index (κ3) is 2.34. The van der Waals surface area contributed by atoms with Crippen molar-refractivity contribution >= 4 is 33.0 Å². The predicted octanol–water partition coefficient (Wildman–Crippen LogP) is 2.81. The van der Waals surface area contributed by atoms with Crippen molar-refractivity contribution in [2.24, 2.45) is 0 Å². The summed E-state index contributed by atoms with van der Waals surface area (Å²) in [7, 11) is -3.78. The van der Waals surface area contributed by atoms with E-state index >= 15 is 0 Å². The molecule has 2 N–H and O–H groups in total. The van der Waals surface area contributed by atoms with E-state index in [2.05, 4.69) is 0 Å². The Hall–Kier alpha value is -1.79. The van der Waals surface area contributed by atoms with Gasteiger partial charge in [-0.05, 0) is 42.3 Å². The molecular weight excluding hydrogens is 315 g/mol. The van der Waals surface area contributed by atoms with Crippen LogP contribution in [0.4, 0.5) is 15.8 Å². The van der Waals surface area contributed by atoms with Crippen LogP contribution in [0.3, 0.4) is 0 Å². The molecule has 3 rings (SSSR count). The molecule has 0 fully saturated rings. The van der Waals surface area contributed by atoms with Crippen molar-refractivity contribution < 1.29 is 12.8 Å². The summed E-state index contributed by atoms with van der Waals surface area (Å²) >= 11 is 5.88. The molecule has 1 aliphatic rings. The minimum Gasteiger partial charge on any atom is -0.398 e. The molecule has 21 heavy (non-hydrogen) atoms. The Morgan fingerprint density at radius 2 is 1.95 bits per heavy atom. The van der Waals surface area contributed by atoms with E-state index in [1.807, 2.05) is 0 Å². The van der Waals surface area contributed by atoms with Crippen LogP contribution in [0, 0.1) is 5.82 Å². The van der Waals surface area contributed by atoms with Gasteiger partial charge in [-0.25, -0.2) is 12.8 Å². The van der Waals surface area contributed by atoms with E-state index in [0.29, 0.717) is 17.8 Å². The maximum absolute atomic E-state index is 13.4. The number of fused-ring (bicyclic) bond motifs is 1. The van der Waals surface area contributed by atoms with Gasteiger partial charge in [0, 0.05) is 6.54 Å². The third-order valence-electron chi connectivity index (χ3n) is 3.46. The molecule has 0 atom stereocenters. The number of hydrogen-bond acceptors (Lipinski definition) is 3. The summed E-state index contributed by atoms with van der Waals surface area (Å²) in [5.41, 5.74) is 7.09. The van der Waals surface area contributed by atoms with Gasteiger partial charge in [-0.2, -0.15) is 0 Å². The third-order valence-corrected chi connectivity index (χ3v) is 5.60. The van der Waals surface area contributed by atoms with Gasteiger partial charge in [0.25, 0.3) is 10.0 Å². The summed E-state index contributed by atoms with van der Waals surface area (Å²) < 4.78 is 39.9. The molecule has 0 unspecified atom stereocenters. The van der Waals surface area contributed by atoms with Crippen molar-refractivity contribution in [1.82, 2.24) is 0 Å². The molecule has 1 heterocycles. The molecule has 0 spiro atoms. The lowest BCUT2D eigenvalue weighted by Crippen LogP contribution is -2.29. The molecule has 4 nitrogen and oxygen atoms in total. The van der Waals surface area contributed by atoms with Crippen LogP contribution in [-0.4, -0.2) is 15.0 Å². The summed E-state index contributed by atoms with van der Waals surface area (Å²) in [6.45, 7) is 0.281. The fraction of sp³-hybridized carbons (Fsp3) is 0.143. The van der Waals surface area contributed by atoms with Gasteiger partial charge < -0.3 is 5.73 Å². The van der Waals surface area contributed by atoms with Crippen LogP contribution in [-0.2, 0) is 16.4 Å². The van der Waals surface area contributed by atoms with Crippen LogP contribution < -0.4 is 10.0 Å². The molecule has 2 aromatic carbocycles. The van der Waals surface area contributed by atoms with E-state index in [1.54, 1.807) is 6.07 Å². The zero-order valence-corrected chi connectivity index (χ0v) is 12.5. The summed E-state index contributed by atoms with van der Waals surface area (Å²) in [6, 6.07) is 8.32. The number of nitrogens with two attached hydrogens (primary N) is 1. The fourth-order valence-corrected chi connectivity index (χ4v) is 4.14. The van der Waals surface area contributed by atoms with Crippen LogP contribution in [0.15, 0.2) is 41.3 Å². The SMILES string of the molecule is Nc1ccc(S(=O)(=O)N2CCc3ccc(F)cc32)cc1Cl. The van der Waals surface area contributed by atoms with Crippen molar-refractivity contribution in [3.63, 3.8) is 0 Å². The van der Waals surface area contributed by atoms with E-state index in [0.717, 1.165) is 5.56 Å². The fourth-order valence-electron chi connectivity index (χ4n) is 2.37. The van der Waals surface area contributed by atoms with Crippen LogP contribution in [0.1, 0.15) is 5.56 Å². The quantitative estimate of drug-likeness (QED) is 0.863. The number of nitrogen functional groups attached to an aromatic ring is 1. The zero-order valence-electron chi connectivity index (χ0n) is 10.9. The van der Waals surface area contributed by atoms with Crippen molar-refractivity contribution in [1.29, 1.82) is 0 Å². The highest BCUT2D eigenvalue weighted by Gasteiger charge is 2.31. The van der Waals surface area contributed by atoms with Gasteiger partial charge >= 0.3 is 0 Å². The first kappa shape index (κ1) is 14.2. The minimum absolute atomic E-state index is 0.0406. The lowest BCUT2D eigenvalue weighted by molar-refractivity contribution is 0.592. The van der Waals surface area contributed by atoms with E-state index in [-0.39, 0.29) is 16.5 Å². The Balaban J connectivity index is 2.09. The molecule has 0 aliphatic carbocycles. The summed E-state index contributed by atoms with van der Waals surface area (Å²) in [4.78, 5) is 0.0406. The minimum atomic E-state index is -3.78. The maximum Gasteiger partial charge on any atom is 0.264 e. The average molecular weight is 327 g/mol. The van der Waals surface area contributed by atoms with Crippen LogP contribution >= 0.6 is 11.6 Å². The maximum atomic E-state index is 13.4. The highest BCUT2D eigenvalue weighted by atomic mass is 35.5. The van der Waals surface area contributed by atoms with Gasteiger partial charge in [-0.1, -0.05) is 17.7 Å². The van der Waals surface area contributed by atoms with Crippen LogP contribution in [0.2, 0.25) is 5.02 Å². The molecule has 0 aromatic heterocycles. The largest absolute Gasteiger partial charge is 0.398 e. The molecule has 1 aliphatic heterocycles. The summed E-state index contributed by atoms with van der Waals surface area (Å²) in [5, 5.41) is 0.176. The number of benzene rings is 2. The van der Waals surface area contributed by atoms with E-state index in [1.165, 1.54) is 34.6 Å². The van der Waals surface area contributed by atoms with Gasteiger partial charge in [0.1, 0.15) is 5.82 Å². The normalized spacial score (nSPS) is 14.3. The summed E-state index contributed by atoms with van der Waals surface area (Å²) in [5.74, 6) is -0.466. The van der Waals surface area contributed by atoms with Crippen LogP contribution in [0.5, 0.6) is 0 Å². The topological polar surface area (TPSA) is 63.4 Å². The van der Waals surface area contributed by atoms with E-state index in [9.17, 15) is 12.8 Å². The Labute approximate surface area is 127 Å². The second-order valence-corrected chi connectivity index (χ2v) is 7.05. The first-order valence-corrected chi connectivity index (χ1v) is 8.07. The van der Waals surface area contributed by atoms with Gasteiger partial charge in [-0.15, -0.1) is 0 Å². The second kappa shape index (κ2) is 4.89. The number of halogens is 2. The zero-order chi connectivity index (χ0) is 15.2. The molecular formula is C14H12ClFN2O2S. The number of hydrogen-bond donors (Lipinski definition) is 1. The van der Waals surface area contributed by atoms with Crippen molar-refractivity contribution in [3.05, 3.63) is 52.8 Å². The Kier molecular flexibility index (Phi) is 3.30. The monoisotopic (exact) mass is 326 g/mol. The van der Waals surface area contributed by atoms with Gasteiger partial charge in [0.15, 0.2) is 0 Å². The van der Waals surface area contributed by atoms with E-state index < -0.39 is 15.8 Å². The lowest BCUT2D eigenvalue weighted by atomic mass is 10.2. The number of anilines is 2. The second-order valence-electron chi connectivity index (χ2n) is 4.78. The smallest absolute Gasteiger partial charge is 0.264 e. The number of rotatable bonds is 2. The van der Waals surface area contributed by atoms with Gasteiger partial charge in [0.2, 0.25) is 0 Å². The van der Waals surface area contributed by atoms with Crippen molar-refractivity contribution in [3.8, 4) is 0 Å². The van der Waals surface area contributed by atoms with E-state index in [4.69, 9.17) is 17.3 Å². The van der Waals surface area contributed by atoms with Gasteiger partial charge in [-0.3, -0.25) is 4.31 Å². The first-order chi connectivity index (χ1) is 9.89. The number of sulfonamides is 1. The van der Waals surface area contributed by atoms with Gasteiger partial charge in [0.05, 0.1) is 21.3 Å². The van der Waals surface area contributed by atoms with Crippen LogP contribution in [0.25, 0.3) is 0 Å².